The third kappa shape index (κ3) is 3.21. The quantitative estimate of drug-likeness (QED) is 0.793. The standard InChI is InChI=1S/C19H21ClN4O/c20-12-17(25)24-11-8-16-15(13-24)19(23-9-4-5-10-23)22-18(21-16)14-6-2-1-3-7-14/h1-3,6-7H,4-5,8-13H2. The molecule has 2 aliphatic rings. The minimum atomic E-state index is -0.0215. The van der Waals surface area contributed by atoms with Crippen molar-refractivity contribution in [2.45, 2.75) is 25.8 Å². The van der Waals surface area contributed by atoms with E-state index in [1.807, 2.05) is 35.2 Å². The summed E-state index contributed by atoms with van der Waals surface area (Å²) < 4.78 is 0. The monoisotopic (exact) mass is 356 g/mol. The van der Waals surface area contributed by atoms with Crippen molar-refractivity contribution in [3.63, 3.8) is 0 Å². The molecule has 25 heavy (non-hydrogen) atoms. The summed E-state index contributed by atoms with van der Waals surface area (Å²) in [6, 6.07) is 10.1. The predicted molar refractivity (Wildman–Crippen MR) is 98.8 cm³/mol. The van der Waals surface area contributed by atoms with Crippen LogP contribution in [0.15, 0.2) is 30.3 Å². The minimum Gasteiger partial charge on any atom is -0.356 e. The van der Waals surface area contributed by atoms with Crippen LogP contribution in [0.25, 0.3) is 11.4 Å². The number of nitrogens with zero attached hydrogens (tertiary/aromatic N) is 4. The van der Waals surface area contributed by atoms with E-state index in [-0.39, 0.29) is 11.8 Å². The summed E-state index contributed by atoms with van der Waals surface area (Å²) in [5.41, 5.74) is 3.19. The number of aromatic nitrogens is 2. The summed E-state index contributed by atoms with van der Waals surface area (Å²) >= 11 is 5.75. The molecule has 1 saturated heterocycles. The third-order valence-corrected chi connectivity index (χ3v) is 5.17. The number of hydrogen-bond donors (Lipinski definition) is 0. The lowest BCUT2D eigenvalue weighted by Crippen LogP contribution is -2.38. The highest BCUT2D eigenvalue weighted by Gasteiger charge is 2.28. The largest absolute Gasteiger partial charge is 0.356 e. The summed E-state index contributed by atoms with van der Waals surface area (Å²) in [4.78, 5) is 25.9. The van der Waals surface area contributed by atoms with Gasteiger partial charge in [-0.2, -0.15) is 0 Å². The SMILES string of the molecule is O=C(CCl)N1CCc2nc(-c3ccccc3)nc(N3CCCC3)c2C1. The summed E-state index contributed by atoms with van der Waals surface area (Å²) in [6.45, 7) is 3.26. The van der Waals surface area contributed by atoms with Gasteiger partial charge in [-0.05, 0) is 12.8 Å². The summed E-state index contributed by atoms with van der Waals surface area (Å²) in [5.74, 6) is 1.77. The highest BCUT2D eigenvalue weighted by atomic mass is 35.5. The Kier molecular flexibility index (Phi) is 4.57. The van der Waals surface area contributed by atoms with Gasteiger partial charge in [-0.3, -0.25) is 4.79 Å². The number of anilines is 1. The van der Waals surface area contributed by atoms with E-state index in [0.717, 1.165) is 48.0 Å². The summed E-state index contributed by atoms with van der Waals surface area (Å²) in [6.07, 6.45) is 3.12. The summed E-state index contributed by atoms with van der Waals surface area (Å²) in [5, 5.41) is 0. The number of alkyl halides is 1. The Morgan fingerprint density at radius 3 is 2.56 bits per heavy atom. The molecule has 1 aromatic carbocycles. The number of carbonyl (C=O) groups is 1. The Hall–Kier alpha value is -2.14. The molecule has 3 heterocycles. The summed E-state index contributed by atoms with van der Waals surface area (Å²) in [7, 11) is 0. The molecular formula is C19H21ClN4O. The molecule has 0 radical (unpaired) electrons. The maximum absolute atomic E-state index is 12.0. The van der Waals surface area contributed by atoms with E-state index in [1.54, 1.807) is 0 Å². The van der Waals surface area contributed by atoms with E-state index in [9.17, 15) is 4.79 Å². The highest BCUT2D eigenvalue weighted by Crippen LogP contribution is 2.31. The second kappa shape index (κ2) is 7.00. The number of fused-ring (bicyclic) bond motifs is 1. The molecule has 5 nitrogen and oxygen atoms in total. The molecule has 1 fully saturated rings. The molecule has 0 aliphatic carbocycles. The number of halogens is 1. The van der Waals surface area contributed by atoms with Crippen molar-refractivity contribution in [2.75, 3.05) is 30.4 Å². The van der Waals surface area contributed by atoms with Crippen LogP contribution in [0.3, 0.4) is 0 Å². The Balaban J connectivity index is 1.77. The Morgan fingerprint density at radius 2 is 1.84 bits per heavy atom. The van der Waals surface area contributed by atoms with Crippen LogP contribution in [-0.2, 0) is 17.8 Å². The molecule has 0 saturated carbocycles. The molecular weight excluding hydrogens is 336 g/mol. The minimum absolute atomic E-state index is 0.0215. The van der Waals surface area contributed by atoms with Crippen LogP contribution >= 0.6 is 11.6 Å². The average Bonchev–Trinajstić information content (AvgIpc) is 3.21. The van der Waals surface area contributed by atoms with Crippen LogP contribution in [0.4, 0.5) is 5.82 Å². The first kappa shape index (κ1) is 16.3. The molecule has 0 spiro atoms. The van der Waals surface area contributed by atoms with Crippen molar-refractivity contribution < 1.29 is 4.79 Å². The van der Waals surface area contributed by atoms with Crippen molar-refractivity contribution in [3.8, 4) is 11.4 Å². The zero-order valence-corrected chi connectivity index (χ0v) is 14.9. The van der Waals surface area contributed by atoms with Crippen LogP contribution in [-0.4, -0.2) is 46.3 Å². The molecule has 1 amide bonds. The van der Waals surface area contributed by atoms with Crippen molar-refractivity contribution in [1.29, 1.82) is 0 Å². The van der Waals surface area contributed by atoms with E-state index in [4.69, 9.17) is 21.6 Å². The molecule has 0 N–H and O–H groups in total. The Labute approximate surface area is 152 Å². The van der Waals surface area contributed by atoms with E-state index in [2.05, 4.69) is 4.90 Å². The maximum atomic E-state index is 12.0. The second-order valence-electron chi connectivity index (χ2n) is 6.56. The van der Waals surface area contributed by atoms with Crippen LogP contribution in [0, 0.1) is 0 Å². The first-order chi connectivity index (χ1) is 12.3. The first-order valence-corrected chi connectivity index (χ1v) is 9.33. The number of rotatable bonds is 3. The van der Waals surface area contributed by atoms with E-state index in [1.165, 1.54) is 12.8 Å². The molecule has 4 rings (SSSR count). The first-order valence-electron chi connectivity index (χ1n) is 8.80. The number of hydrogen-bond acceptors (Lipinski definition) is 4. The third-order valence-electron chi connectivity index (χ3n) is 4.94. The fourth-order valence-electron chi connectivity index (χ4n) is 3.60. The van der Waals surface area contributed by atoms with Gasteiger partial charge in [0.15, 0.2) is 5.82 Å². The molecule has 2 aliphatic heterocycles. The fourth-order valence-corrected chi connectivity index (χ4v) is 3.77. The van der Waals surface area contributed by atoms with Crippen molar-refractivity contribution in [1.82, 2.24) is 14.9 Å². The van der Waals surface area contributed by atoms with Gasteiger partial charge >= 0.3 is 0 Å². The smallest absolute Gasteiger partial charge is 0.237 e. The van der Waals surface area contributed by atoms with Crippen molar-refractivity contribution in [3.05, 3.63) is 41.6 Å². The lowest BCUT2D eigenvalue weighted by molar-refractivity contribution is -0.129. The zero-order valence-electron chi connectivity index (χ0n) is 14.1. The number of benzene rings is 1. The predicted octanol–water partition coefficient (Wildman–Crippen LogP) is 2.87. The molecule has 0 unspecified atom stereocenters. The van der Waals surface area contributed by atoms with Gasteiger partial charge in [-0.1, -0.05) is 30.3 Å². The van der Waals surface area contributed by atoms with Gasteiger partial charge in [-0.25, -0.2) is 9.97 Å². The van der Waals surface area contributed by atoms with Crippen molar-refractivity contribution >= 4 is 23.3 Å². The van der Waals surface area contributed by atoms with Gasteiger partial charge < -0.3 is 9.80 Å². The van der Waals surface area contributed by atoms with Crippen LogP contribution in [0.5, 0.6) is 0 Å². The molecule has 0 bridgehead atoms. The lowest BCUT2D eigenvalue weighted by atomic mass is 10.0. The number of carbonyl (C=O) groups excluding carboxylic acids is 1. The van der Waals surface area contributed by atoms with Crippen LogP contribution in [0.1, 0.15) is 24.1 Å². The van der Waals surface area contributed by atoms with Gasteiger partial charge in [0.05, 0.1) is 12.2 Å². The molecule has 1 aromatic heterocycles. The second-order valence-corrected chi connectivity index (χ2v) is 6.82. The zero-order chi connectivity index (χ0) is 17.2. The van der Waals surface area contributed by atoms with Crippen molar-refractivity contribution in [2.24, 2.45) is 0 Å². The topological polar surface area (TPSA) is 49.3 Å². The average molecular weight is 357 g/mol. The van der Waals surface area contributed by atoms with E-state index < -0.39 is 0 Å². The van der Waals surface area contributed by atoms with Crippen LogP contribution in [0.2, 0.25) is 0 Å². The van der Waals surface area contributed by atoms with Gasteiger partial charge in [0.2, 0.25) is 5.91 Å². The number of amides is 1. The van der Waals surface area contributed by atoms with E-state index >= 15 is 0 Å². The molecule has 2 aromatic rings. The van der Waals surface area contributed by atoms with Gasteiger partial charge in [-0.15, -0.1) is 11.6 Å². The molecule has 6 heteroatoms. The molecule has 130 valence electrons. The maximum Gasteiger partial charge on any atom is 0.237 e. The normalized spacial score (nSPS) is 16.8. The molecule has 0 atom stereocenters. The Morgan fingerprint density at radius 1 is 1.08 bits per heavy atom. The fraction of sp³-hybridized carbons (Fsp3) is 0.421. The Bertz CT molecular complexity index is 774. The van der Waals surface area contributed by atoms with E-state index in [0.29, 0.717) is 13.1 Å². The van der Waals surface area contributed by atoms with Gasteiger partial charge in [0.1, 0.15) is 11.7 Å². The lowest BCUT2D eigenvalue weighted by Gasteiger charge is -2.31. The van der Waals surface area contributed by atoms with Gasteiger partial charge in [0, 0.05) is 37.2 Å². The van der Waals surface area contributed by atoms with Gasteiger partial charge in [0.25, 0.3) is 0 Å². The highest BCUT2D eigenvalue weighted by molar-refractivity contribution is 6.27. The van der Waals surface area contributed by atoms with Crippen LogP contribution < -0.4 is 4.90 Å².